The van der Waals surface area contributed by atoms with E-state index >= 15 is 0 Å². The third kappa shape index (κ3) is 2.70. The first-order chi connectivity index (χ1) is 8.26. The summed E-state index contributed by atoms with van der Waals surface area (Å²) in [5.74, 6) is 0.865. The van der Waals surface area contributed by atoms with Crippen molar-refractivity contribution in [3.8, 4) is 0 Å². The number of furan rings is 1. The molecule has 0 radical (unpaired) electrons. The van der Waals surface area contributed by atoms with Crippen LogP contribution in [0.25, 0.3) is 0 Å². The Labute approximate surface area is 103 Å². The van der Waals surface area contributed by atoms with Gasteiger partial charge in [-0.1, -0.05) is 6.92 Å². The molecule has 1 aliphatic heterocycles. The Bertz CT molecular complexity index is 326. The lowest BCUT2D eigenvalue weighted by atomic mass is 10.1. The molecule has 4 heteroatoms. The normalized spacial score (nSPS) is 25.0. The largest absolute Gasteiger partial charge is 0.468 e. The zero-order valence-corrected chi connectivity index (χ0v) is 10.7. The van der Waals surface area contributed by atoms with E-state index in [-0.39, 0.29) is 12.6 Å². The Morgan fingerprint density at radius 1 is 1.53 bits per heavy atom. The fourth-order valence-corrected chi connectivity index (χ4v) is 2.64. The third-order valence-corrected chi connectivity index (χ3v) is 3.66. The van der Waals surface area contributed by atoms with E-state index in [9.17, 15) is 5.11 Å². The second kappa shape index (κ2) is 5.67. The van der Waals surface area contributed by atoms with Gasteiger partial charge in [0, 0.05) is 25.7 Å². The van der Waals surface area contributed by atoms with E-state index in [1.165, 1.54) is 0 Å². The van der Waals surface area contributed by atoms with Gasteiger partial charge < -0.3 is 14.4 Å². The Kier molecular flexibility index (Phi) is 4.20. The highest BCUT2D eigenvalue weighted by Gasteiger charge is 2.30. The van der Waals surface area contributed by atoms with Crippen LogP contribution >= 0.6 is 0 Å². The second-order valence-electron chi connectivity index (χ2n) is 4.69. The van der Waals surface area contributed by atoms with Crippen molar-refractivity contribution in [2.24, 2.45) is 0 Å². The molecule has 0 spiro atoms. The Morgan fingerprint density at radius 3 is 2.88 bits per heavy atom. The molecule has 2 unspecified atom stereocenters. The number of aliphatic hydroxyl groups is 1. The molecule has 4 nitrogen and oxygen atoms in total. The van der Waals surface area contributed by atoms with Crippen LogP contribution in [0.15, 0.2) is 22.8 Å². The highest BCUT2D eigenvalue weighted by Crippen LogP contribution is 2.25. The first-order valence-electron chi connectivity index (χ1n) is 6.38. The van der Waals surface area contributed by atoms with Crippen LogP contribution in [0.4, 0.5) is 0 Å². The summed E-state index contributed by atoms with van der Waals surface area (Å²) in [6, 6.07) is 4.27. The minimum atomic E-state index is -0.000920. The third-order valence-electron chi connectivity index (χ3n) is 3.66. The molecule has 0 bridgehead atoms. The summed E-state index contributed by atoms with van der Waals surface area (Å²) in [7, 11) is 0. The number of likely N-dealkylation sites (N-methyl/N-ethyl adjacent to an activating group) is 1. The molecule has 1 N–H and O–H groups in total. The topological polar surface area (TPSA) is 39.9 Å². The minimum Gasteiger partial charge on any atom is -0.468 e. The maximum absolute atomic E-state index is 9.58. The number of piperazine rings is 1. The molecule has 1 saturated heterocycles. The fraction of sp³-hybridized carbons (Fsp3) is 0.692. The summed E-state index contributed by atoms with van der Waals surface area (Å²) < 4.78 is 5.43. The van der Waals surface area contributed by atoms with Gasteiger partial charge in [-0.3, -0.25) is 4.90 Å². The lowest BCUT2D eigenvalue weighted by molar-refractivity contribution is 0.0188. The van der Waals surface area contributed by atoms with Gasteiger partial charge in [0.2, 0.25) is 0 Å². The highest BCUT2D eigenvalue weighted by molar-refractivity contribution is 5.06. The van der Waals surface area contributed by atoms with Crippen molar-refractivity contribution >= 4 is 0 Å². The van der Waals surface area contributed by atoms with Crippen LogP contribution in [-0.4, -0.2) is 53.7 Å². The van der Waals surface area contributed by atoms with Gasteiger partial charge in [-0.05, 0) is 25.6 Å². The zero-order chi connectivity index (χ0) is 12.3. The van der Waals surface area contributed by atoms with Crippen molar-refractivity contribution in [2.75, 3.05) is 32.8 Å². The Hall–Kier alpha value is -0.840. The molecule has 96 valence electrons. The second-order valence-corrected chi connectivity index (χ2v) is 4.69. The SMILES string of the molecule is CCN1CCN(C(CO)c2ccco2)C(C)C1. The van der Waals surface area contributed by atoms with E-state index in [0.29, 0.717) is 6.04 Å². The Balaban J connectivity index is 2.06. The first kappa shape index (κ1) is 12.6. The molecule has 2 atom stereocenters. The molecule has 1 fully saturated rings. The van der Waals surface area contributed by atoms with Gasteiger partial charge in [0.25, 0.3) is 0 Å². The Morgan fingerprint density at radius 2 is 2.35 bits per heavy atom. The standard InChI is InChI=1S/C13H22N2O2/c1-3-14-6-7-15(11(2)9-14)12(10-16)13-5-4-8-17-13/h4-5,8,11-12,16H,3,6-7,9-10H2,1-2H3. The van der Waals surface area contributed by atoms with Crippen LogP contribution in [0.1, 0.15) is 25.6 Å². The van der Waals surface area contributed by atoms with Gasteiger partial charge >= 0.3 is 0 Å². The summed E-state index contributed by atoms with van der Waals surface area (Å²) in [6.07, 6.45) is 1.67. The average molecular weight is 238 g/mol. The first-order valence-corrected chi connectivity index (χ1v) is 6.38. The van der Waals surface area contributed by atoms with E-state index in [2.05, 4.69) is 23.6 Å². The molecule has 1 aliphatic rings. The molecule has 2 rings (SSSR count). The molecule has 1 aromatic rings. The van der Waals surface area contributed by atoms with Crippen LogP contribution in [0, 0.1) is 0 Å². The van der Waals surface area contributed by atoms with Crippen LogP contribution in [0.3, 0.4) is 0 Å². The van der Waals surface area contributed by atoms with E-state index in [4.69, 9.17) is 4.42 Å². The van der Waals surface area contributed by atoms with Gasteiger partial charge in [0.15, 0.2) is 0 Å². The molecular weight excluding hydrogens is 216 g/mol. The van der Waals surface area contributed by atoms with Crippen LogP contribution in [0.5, 0.6) is 0 Å². The highest BCUT2D eigenvalue weighted by atomic mass is 16.3. The van der Waals surface area contributed by atoms with Gasteiger partial charge in [-0.25, -0.2) is 0 Å². The van der Waals surface area contributed by atoms with Gasteiger partial charge in [0.05, 0.1) is 18.9 Å². The molecule has 0 amide bonds. The summed E-state index contributed by atoms with van der Waals surface area (Å²) in [5.41, 5.74) is 0. The van der Waals surface area contributed by atoms with E-state index in [0.717, 1.165) is 31.9 Å². The van der Waals surface area contributed by atoms with Crippen LogP contribution < -0.4 is 0 Å². The summed E-state index contributed by atoms with van der Waals surface area (Å²) >= 11 is 0. The van der Waals surface area contributed by atoms with Gasteiger partial charge in [-0.2, -0.15) is 0 Å². The number of nitrogens with zero attached hydrogens (tertiary/aromatic N) is 2. The lowest BCUT2D eigenvalue weighted by Gasteiger charge is -2.42. The lowest BCUT2D eigenvalue weighted by Crippen LogP contribution is -2.53. The smallest absolute Gasteiger partial charge is 0.123 e. The van der Waals surface area contributed by atoms with Crippen molar-refractivity contribution < 1.29 is 9.52 Å². The molecule has 0 aliphatic carbocycles. The molecule has 0 saturated carbocycles. The van der Waals surface area contributed by atoms with Crippen LogP contribution in [-0.2, 0) is 0 Å². The number of hydrogen-bond donors (Lipinski definition) is 1. The average Bonchev–Trinajstić information content (AvgIpc) is 2.85. The van der Waals surface area contributed by atoms with Crippen molar-refractivity contribution in [3.05, 3.63) is 24.2 Å². The molecule has 17 heavy (non-hydrogen) atoms. The predicted octanol–water partition coefficient (Wildman–Crippen LogP) is 1.34. The fourth-order valence-electron chi connectivity index (χ4n) is 2.64. The van der Waals surface area contributed by atoms with Crippen molar-refractivity contribution in [1.29, 1.82) is 0 Å². The number of rotatable bonds is 4. The van der Waals surface area contributed by atoms with Gasteiger partial charge in [-0.15, -0.1) is 0 Å². The number of hydrogen-bond acceptors (Lipinski definition) is 4. The summed E-state index contributed by atoms with van der Waals surface area (Å²) in [4.78, 5) is 4.78. The van der Waals surface area contributed by atoms with Crippen LogP contribution in [0.2, 0.25) is 0 Å². The zero-order valence-electron chi connectivity index (χ0n) is 10.7. The van der Waals surface area contributed by atoms with E-state index < -0.39 is 0 Å². The van der Waals surface area contributed by atoms with Crippen molar-refractivity contribution in [3.63, 3.8) is 0 Å². The predicted molar refractivity (Wildman–Crippen MR) is 66.8 cm³/mol. The maximum Gasteiger partial charge on any atom is 0.123 e. The monoisotopic (exact) mass is 238 g/mol. The molecule has 1 aromatic heterocycles. The molecule has 2 heterocycles. The van der Waals surface area contributed by atoms with Crippen molar-refractivity contribution in [2.45, 2.75) is 25.9 Å². The summed E-state index contributed by atoms with van der Waals surface area (Å²) in [5, 5.41) is 9.58. The molecular formula is C13H22N2O2. The minimum absolute atomic E-state index is 0.000920. The van der Waals surface area contributed by atoms with E-state index in [1.54, 1.807) is 6.26 Å². The maximum atomic E-state index is 9.58. The number of aliphatic hydroxyl groups excluding tert-OH is 1. The van der Waals surface area contributed by atoms with Gasteiger partial charge in [0.1, 0.15) is 5.76 Å². The molecule has 0 aromatic carbocycles. The quantitative estimate of drug-likeness (QED) is 0.859. The summed E-state index contributed by atoms with van der Waals surface area (Å²) in [6.45, 7) is 8.74. The van der Waals surface area contributed by atoms with E-state index in [1.807, 2.05) is 12.1 Å². The van der Waals surface area contributed by atoms with Crippen molar-refractivity contribution in [1.82, 2.24) is 9.80 Å².